The van der Waals surface area contributed by atoms with Gasteiger partial charge in [0.1, 0.15) is 28.7 Å². The number of hydrogen-bond donors (Lipinski definition) is 1. The van der Waals surface area contributed by atoms with Gasteiger partial charge in [0.05, 0.1) is 10.6 Å². The van der Waals surface area contributed by atoms with Gasteiger partial charge in [0.25, 0.3) is 5.91 Å². The normalized spacial score (nSPS) is 14.4. The van der Waals surface area contributed by atoms with Crippen LogP contribution in [0.15, 0.2) is 47.0 Å². The minimum Gasteiger partial charge on any atom is -0.360 e. The quantitative estimate of drug-likeness (QED) is 0.558. The molecule has 6 nitrogen and oxygen atoms in total. The zero-order valence-corrected chi connectivity index (χ0v) is 19.0. The van der Waals surface area contributed by atoms with Crippen molar-refractivity contribution in [1.29, 1.82) is 0 Å². The molecule has 0 radical (unpaired) electrons. The largest absolute Gasteiger partial charge is 0.360 e. The van der Waals surface area contributed by atoms with E-state index in [1.54, 1.807) is 30.0 Å². The number of piperazine rings is 1. The summed E-state index contributed by atoms with van der Waals surface area (Å²) in [5.41, 5.74) is 1.06. The molecule has 0 bridgehead atoms. The Hall–Kier alpha value is -2.81. The molecule has 4 rings (SSSR count). The highest BCUT2D eigenvalue weighted by atomic mass is 35.5. The summed E-state index contributed by atoms with van der Waals surface area (Å²) in [6.45, 7) is 6.56. The Kier molecular flexibility index (Phi) is 7.37. The summed E-state index contributed by atoms with van der Waals surface area (Å²) in [6, 6.07) is 10.3. The van der Waals surface area contributed by atoms with Crippen LogP contribution in [0.25, 0.3) is 11.3 Å². The average molecular weight is 475 g/mol. The van der Waals surface area contributed by atoms with Crippen molar-refractivity contribution in [2.24, 2.45) is 0 Å². The highest BCUT2D eigenvalue weighted by Gasteiger charge is 2.29. The molecule has 0 unspecified atom stereocenters. The van der Waals surface area contributed by atoms with E-state index in [-0.39, 0.29) is 45.9 Å². The first kappa shape index (κ1) is 23.4. The molecule has 2 heterocycles. The summed E-state index contributed by atoms with van der Waals surface area (Å²) >= 11 is 6.24. The smallest absolute Gasteiger partial charge is 0.260 e. The van der Waals surface area contributed by atoms with E-state index in [1.807, 2.05) is 0 Å². The average Bonchev–Trinajstić information content (AvgIpc) is 3.19. The molecule has 1 aromatic heterocycles. The van der Waals surface area contributed by atoms with E-state index in [0.717, 1.165) is 31.7 Å². The number of nitrogens with one attached hydrogen (secondary N) is 1. The molecule has 1 saturated heterocycles. The first-order valence-electron chi connectivity index (χ1n) is 10.8. The van der Waals surface area contributed by atoms with Gasteiger partial charge in [-0.25, -0.2) is 8.78 Å². The third-order valence-electron chi connectivity index (χ3n) is 5.75. The van der Waals surface area contributed by atoms with Crippen LogP contribution in [0.4, 0.5) is 8.78 Å². The van der Waals surface area contributed by atoms with Crippen LogP contribution in [0.5, 0.6) is 0 Å². The zero-order valence-electron chi connectivity index (χ0n) is 18.3. The third-order valence-corrected chi connectivity index (χ3v) is 6.06. The van der Waals surface area contributed by atoms with Gasteiger partial charge in [0.15, 0.2) is 0 Å². The fraction of sp³-hybridized carbons (Fsp3) is 0.333. The number of aromatic nitrogens is 1. The molecule has 174 valence electrons. The van der Waals surface area contributed by atoms with Crippen molar-refractivity contribution in [1.82, 2.24) is 20.3 Å². The van der Waals surface area contributed by atoms with Crippen molar-refractivity contribution < 1.29 is 18.1 Å². The van der Waals surface area contributed by atoms with Gasteiger partial charge in [-0.3, -0.25) is 9.69 Å². The lowest BCUT2D eigenvalue weighted by atomic mass is 10.0. The molecule has 3 aromatic rings. The Labute approximate surface area is 196 Å². The lowest BCUT2D eigenvalue weighted by molar-refractivity contribution is 0.0716. The van der Waals surface area contributed by atoms with Gasteiger partial charge in [-0.15, -0.1) is 0 Å². The second-order valence-corrected chi connectivity index (χ2v) is 8.41. The maximum Gasteiger partial charge on any atom is 0.260 e. The first-order valence-corrected chi connectivity index (χ1v) is 11.2. The van der Waals surface area contributed by atoms with Crippen LogP contribution < -0.4 is 5.32 Å². The zero-order chi connectivity index (χ0) is 23.4. The van der Waals surface area contributed by atoms with Crippen LogP contribution in [0, 0.1) is 18.6 Å². The minimum atomic E-state index is -0.587. The Morgan fingerprint density at radius 2 is 1.91 bits per heavy atom. The molecule has 0 atom stereocenters. The van der Waals surface area contributed by atoms with Gasteiger partial charge in [-0.2, -0.15) is 0 Å². The van der Waals surface area contributed by atoms with E-state index in [0.29, 0.717) is 13.1 Å². The van der Waals surface area contributed by atoms with Crippen LogP contribution in [0.1, 0.15) is 21.7 Å². The summed E-state index contributed by atoms with van der Waals surface area (Å²) in [4.78, 5) is 17.7. The number of carbonyl (C=O) groups excluding carboxylic acids is 1. The van der Waals surface area contributed by atoms with Crippen molar-refractivity contribution in [2.45, 2.75) is 13.5 Å². The van der Waals surface area contributed by atoms with Crippen LogP contribution in [0.2, 0.25) is 5.02 Å². The van der Waals surface area contributed by atoms with Crippen molar-refractivity contribution in [3.05, 3.63) is 76.0 Å². The van der Waals surface area contributed by atoms with E-state index >= 15 is 0 Å². The molecule has 2 aromatic carbocycles. The SMILES string of the molecule is Cc1onc(-c2c(F)cccc2Cl)c1C(=O)N(CCN1CCNCC1)Cc1ccc(F)cc1. The van der Waals surface area contributed by atoms with Gasteiger partial charge in [-0.05, 0) is 36.8 Å². The van der Waals surface area contributed by atoms with E-state index in [4.69, 9.17) is 16.1 Å². The molecule has 33 heavy (non-hydrogen) atoms. The molecule has 1 amide bonds. The summed E-state index contributed by atoms with van der Waals surface area (Å²) in [6.07, 6.45) is 0. The van der Waals surface area contributed by atoms with Crippen molar-refractivity contribution in [3.8, 4) is 11.3 Å². The first-order chi connectivity index (χ1) is 15.9. The number of benzene rings is 2. The molecule has 1 N–H and O–H groups in total. The Balaban J connectivity index is 1.65. The predicted octanol–water partition coefficient (Wildman–Crippen LogP) is 4.13. The van der Waals surface area contributed by atoms with E-state index < -0.39 is 5.82 Å². The maximum absolute atomic E-state index is 14.6. The summed E-state index contributed by atoms with van der Waals surface area (Å²) in [5.74, 6) is -0.998. The van der Waals surface area contributed by atoms with Crippen molar-refractivity contribution in [2.75, 3.05) is 39.3 Å². The fourth-order valence-corrected chi connectivity index (χ4v) is 4.19. The lowest BCUT2D eigenvalue weighted by Gasteiger charge is -2.30. The molecule has 0 aliphatic carbocycles. The molecule has 1 aliphatic rings. The molecule has 9 heteroatoms. The summed E-state index contributed by atoms with van der Waals surface area (Å²) in [5, 5.41) is 7.42. The van der Waals surface area contributed by atoms with Crippen LogP contribution in [-0.4, -0.2) is 60.1 Å². The van der Waals surface area contributed by atoms with Gasteiger partial charge in [0, 0.05) is 45.8 Å². The van der Waals surface area contributed by atoms with Crippen molar-refractivity contribution in [3.63, 3.8) is 0 Å². The van der Waals surface area contributed by atoms with Gasteiger partial charge in [0.2, 0.25) is 0 Å². The predicted molar refractivity (Wildman–Crippen MR) is 122 cm³/mol. The monoisotopic (exact) mass is 474 g/mol. The number of carbonyl (C=O) groups is 1. The molecule has 1 fully saturated rings. The maximum atomic E-state index is 14.6. The Bertz CT molecular complexity index is 1090. The lowest BCUT2D eigenvalue weighted by Crippen LogP contribution is -2.47. The molecular weight excluding hydrogens is 450 g/mol. The highest BCUT2D eigenvalue weighted by molar-refractivity contribution is 6.33. The molecule has 0 spiro atoms. The van der Waals surface area contributed by atoms with Gasteiger partial charge >= 0.3 is 0 Å². The number of halogens is 3. The summed E-state index contributed by atoms with van der Waals surface area (Å²) < 4.78 is 33.3. The standard InChI is InChI=1S/C24H25ClF2N4O2/c1-16-21(23(29-33-16)22-19(25)3-2-4-20(22)27)24(32)31(14-13-30-11-9-28-10-12-30)15-17-5-7-18(26)8-6-17/h2-8,28H,9-15H2,1H3. The van der Waals surface area contributed by atoms with Crippen molar-refractivity contribution >= 4 is 17.5 Å². The fourth-order valence-electron chi connectivity index (χ4n) is 3.94. The number of rotatable bonds is 7. The number of aryl methyl sites for hydroxylation is 1. The molecular formula is C24H25ClF2N4O2. The molecule has 1 aliphatic heterocycles. The van der Waals surface area contributed by atoms with E-state index in [2.05, 4.69) is 15.4 Å². The van der Waals surface area contributed by atoms with Crippen LogP contribution in [-0.2, 0) is 6.54 Å². The summed E-state index contributed by atoms with van der Waals surface area (Å²) in [7, 11) is 0. The molecule has 0 saturated carbocycles. The number of nitrogens with zero attached hydrogens (tertiary/aromatic N) is 3. The van der Waals surface area contributed by atoms with Gasteiger partial charge < -0.3 is 14.7 Å². The van der Waals surface area contributed by atoms with Gasteiger partial charge in [-0.1, -0.05) is 35.0 Å². The second kappa shape index (κ2) is 10.4. The minimum absolute atomic E-state index is 0.0307. The van der Waals surface area contributed by atoms with E-state index in [9.17, 15) is 13.6 Å². The third kappa shape index (κ3) is 5.40. The Morgan fingerprint density at radius 3 is 2.61 bits per heavy atom. The van der Waals surface area contributed by atoms with Crippen LogP contribution in [0.3, 0.4) is 0 Å². The highest BCUT2D eigenvalue weighted by Crippen LogP contribution is 2.34. The topological polar surface area (TPSA) is 61.6 Å². The van der Waals surface area contributed by atoms with E-state index in [1.165, 1.54) is 24.3 Å². The Morgan fingerprint density at radius 1 is 1.18 bits per heavy atom. The number of hydrogen-bond acceptors (Lipinski definition) is 5. The van der Waals surface area contributed by atoms with Crippen LogP contribution >= 0.6 is 11.6 Å². The second-order valence-electron chi connectivity index (χ2n) is 8.00. The number of amides is 1.